The van der Waals surface area contributed by atoms with Crippen molar-refractivity contribution in [3.05, 3.63) is 35.5 Å². The van der Waals surface area contributed by atoms with E-state index in [4.69, 9.17) is 9.47 Å². The van der Waals surface area contributed by atoms with Gasteiger partial charge in [-0.1, -0.05) is 70.7 Å². The van der Waals surface area contributed by atoms with Crippen molar-refractivity contribution in [2.45, 2.75) is 135 Å². The van der Waals surface area contributed by atoms with E-state index in [0.29, 0.717) is 79.6 Å². The molecule has 5 fully saturated rings. The third kappa shape index (κ3) is 7.41. The van der Waals surface area contributed by atoms with Gasteiger partial charge in [0.15, 0.2) is 14.2 Å². The van der Waals surface area contributed by atoms with Crippen LogP contribution >= 0.6 is 23.3 Å². The molecule has 1 N–H and O–H groups in total. The highest BCUT2D eigenvalue weighted by molar-refractivity contribution is 8.00. The van der Waals surface area contributed by atoms with Crippen molar-refractivity contribution in [1.29, 1.82) is 0 Å². The summed E-state index contributed by atoms with van der Waals surface area (Å²) in [7, 11) is -2.87. The van der Waals surface area contributed by atoms with Gasteiger partial charge in [0.25, 0.3) is 0 Å². The van der Waals surface area contributed by atoms with Crippen molar-refractivity contribution >= 4 is 39.1 Å². The van der Waals surface area contributed by atoms with Gasteiger partial charge in [0.05, 0.1) is 18.1 Å². The third-order valence-corrected chi connectivity index (χ3v) is 22.0. The molecular weight excluding hydrogens is 809 g/mol. The van der Waals surface area contributed by atoms with Crippen LogP contribution in [0.5, 0.6) is 6.01 Å². The smallest absolute Gasteiger partial charge is 0.329 e. The minimum Gasteiger partial charge on any atom is -0.465 e. The molecule has 1 aromatic heterocycles. The Hall–Kier alpha value is -1.73. The summed E-state index contributed by atoms with van der Waals surface area (Å²) < 4.78 is 41.2. The number of allylic oxidation sites excluding steroid dienone is 5. The Morgan fingerprint density at radius 3 is 2.42 bits per heavy atom. The lowest BCUT2D eigenvalue weighted by molar-refractivity contribution is -0.221. The second kappa shape index (κ2) is 16.4. The van der Waals surface area contributed by atoms with E-state index in [1.165, 1.54) is 79.6 Å². The van der Waals surface area contributed by atoms with Gasteiger partial charge in [-0.15, -0.1) is 4.37 Å². The Bertz CT molecular complexity index is 1980. The number of sulfone groups is 1. The first-order chi connectivity index (χ1) is 28.4. The SMILES string of the molecule is C=C(C)[C@@H]1CC[C@]2(NCCN3CCS(=O)(=O)CC3)CC[C@]3(C)[C@H](CCC4[C@@]5(C)CC=C(C6=CCC(COc7nsc(SC)n7)(C(=O)OCC)CC6)C(C)(C)C5CC[C@]43C)C12. The molecule has 0 bridgehead atoms. The minimum absolute atomic E-state index is 0.0256. The van der Waals surface area contributed by atoms with Gasteiger partial charge in [0.1, 0.15) is 12.0 Å². The van der Waals surface area contributed by atoms with Gasteiger partial charge < -0.3 is 19.7 Å². The number of nitrogens with one attached hydrogen (secondary N) is 1. The summed E-state index contributed by atoms with van der Waals surface area (Å²) in [4.78, 5) is 20.4. The van der Waals surface area contributed by atoms with Crippen LogP contribution in [0.4, 0.5) is 0 Å². The van der Waals surface area contributed by atoms with Crippen molar-refractivity contribution in [1.82, 2.24) is 19.6 Å². The summed E-state index contributed by atoms with van der Waals surface area (Å²) in [6.07, 6.45) is 20.3. The monoisotopic (exact) mass is 882 g/mol. The van der Waals surface area contributed by atoms with Crippen LogP contribution in [0.3, 0.4) is 0 Å². The molecule has 0 amide bonds. The van der Waals surface area contributed by atoms with Crippen LogP contribution in [0.25, 0.3) is 0 Å². The molecule has 7 aliphatic rings. The van der Waals surface area contributed by atoms with Crippen LogP contribution in [-0.2, 0) is 19.4 Å². The molecule has 334 valence electrons. The molecule has 2 heterocycles. The minimum atomic E-state index is -2.87. The zero-order chi connectivity index (χ0) is 42.9. The normalized spacial score (nSPS) is 40.8. The summed E-state index contributed by atoms with van der Waals surface area (Å²) in [6, 6.07) is 0.347. The van der Waals surface area contributed by atoms with Gasteiger partial charge in [0.2, 0.25) is 0 Å². The lowest BCUT2D eigenvalue weighted by atomic mass is 9.33. The summed E-state index contributed by atoms with van der Waals surface area (Å²) in [5, 5.41) is 4.24. The first kappa shape index (κ1) is 44.9. The number of aromatic nitrogens is 2. The number of fused-ring (bicyclic) bond motifs is 7. The van der Waals surface area contributed by atoms with Crippen LogP contribution < -0.4 is 10.1 Å². The van der Waals surface area contributed by atoms with Crippen molar-refractivity contribution in [3.8, 4) is 6.01 Å². The van der Waals surface area contributed by atoms with Gasteiger partial charge in [0, 0.05) is 31.7 Å². The Morgan fingerprint density at radius 1 is 0.983 bits per heavy atom. The van der Waals surface area contributed by atoms with Crippen molar-refractivity contribution in [2.24, 2.45) is 56.7 Å². The molecule has 4 unspecified atom stereocenters. The Balaban J connectivity index is 1.01. The summed E-state index contributed by atoms with van der Waals surface area (Å²) in [5.41, 5.74) is 4.47. The predicted octanol–water partition coefficient (Wildman–Crippen LogP) is 9.56. The molecule has 1 aliphatic heterocycles. The van der Waals surface area contributed by atoms with Crippen LogP contribution in [0, 0.1) is 56.7 Å². The maximum Gasteiger partial charge on any atom is 0.329 e. The largest absolute Gasteiger partial charge is 0.465 e. The highest BCUT2D eigenvalue weighted by Gasteiger charge is 2.70. The van der Waals surface area contributed by atoms with Gasteiger partial charge in [-0.3, -0.25) is 4.79 Å². The molecule has 4 saturated carbocycles. The summed E-state index contributed by atoms with van der Waals surface area (Å²) in [6.45, 7) is 25.8. The Morgan fingerprint density at radius 2 is 1.75 bits per heavy atom. The topological polar surface area (TPSA) is 111 Å². The second-order valence-corrected chi connectivity index (χ2v) is 25.7. The van der Waals surface area contributed by atoms with Gasteiger partial charge in [-0.05, 0) is 171 Å². The lowest BCUT2D eigenvalue weighted by Crippen LogP contribution is -2.68. The fraction of sp³-hybridized carbons (Fsp3) is 0.812. The van der Waals surface area contributed by atoms with E-state index >= 15 is 0 Å². The number of carbonyl (C=O) groups excluding carboxylic acids is 1. The number of esters is 1. The lowest BCUT2D eigenvalue weighted by Gasteiger charge is -2.72. The molecule has 12 heteroatoms. The molecule has 1 aromatic rings. The number of ether oxygens (including phenoxy) is 2. The van der Waals surface area contributed by atoms with Crippen LogP contribution in [0.2, 0.25) is 0 Å². The zero-order valence-corrected chi connectivity index (χ0v) is 40.4. The van der Waals surface area contributed by atoms with Crippen LogP contribution in [0.1, 0.15) is 126 Å². The predicted molar refractivity (Wildman–Crippen MR) is 244 cm³/mol. The van der Waals surface area contributed by atoms with E-state index in [1.54, 1.807) is 11.8 Å². The first-order valence-electron chi connectivity index (χ1n) is 23.3. The Labute approximate surface area is 370 Å². The van der Waals surface area contributed by atoms with Gasteiger partial charge in [-0.2, -0.15) is 4.98 Å². The number of thioether (sulfide) groups is 1. The Kier molecular flexibility index (Phi) is 12.2. The van der Waals surface area contributed by atoms with Gasteiger partial charge in [-0.25, -0.2) is 8.42 Å². The van der Waals surface area contributed by atoms with Crippen LogP contribution in [0.15, 0.2) is 39.8 Å². The fourth-order valence-corrected chi connectivity index (χ4v) is 17.6. The van der Waals surface area contributed by atoms with Crippen molar-refractivity contribution in [2.75, 3.05) is 57.2 Å². The average Bonchev–Trinajstić information content (AvgIpc) is 3.84. The average molecular weight is 883 g/mol. The molecule has 0 aromatic carbocycles. The first-order valence-corrected chi connectivity index (χ1v) is 27.1. The number of hydrogen-bond donors (Lipinski definition) is 1. The molecule has 1 saturated heterocycles. The van der Waals surface area contributed by atoms with E-state index in [9.17, 15) is 13.2 Å². The quantitative estimate of drug-likeness (QED) is 0.124. The zero-order valence-electron chi connectivity index (χ0n) is 38.0. The van der Waals surface area contributed by atoms with E-state index in [2.05, 4.69) is 79.8 Å². The highest BCUT2D eigenvalue weighted by Crippen LogP contribution is 2.76. The summed E-state index contributed by atoms with van der Waals surface area (Å²) in [5.74, 6) is 3.50. The van der Waals surface area contributed by atoms with Crippen molar-refractivity contribution < 1.29 is 22.7 Å². The fourth-order valence-electron chi connectivity index (χ4n) is 15.4. The molecule has 0 spiro atoms. The molecule has 9 nitrogen and oxygen atoms in total. The molecule has 10 atom stereocenters. The molecule has 60 heavy (non-hydrogen) atoms. The van der Waals surface area contributed by atoms with E-state index < -0.39 is 15.3 Å². The maximum absolute atomic E-state index is 13.6. The van der Waals surface area contributed by atoms with E-state index in [0.717, 1.165) is 30.3 Å². The highest BCUT2D eigenvalue weighted by atomic mass is 32.2. The van der Waals surface area contributed by atoms with Gasteiger partial charge >= 0.3 is 12.0 Å². The number of carbonyl (C=O) groups is 1. The molecule has 6 aliphatic carbocycles. The molecular formula is C48H74N4O5S3. The molecule has 0 radical (unpaired) electrons. The van der Waals surface area contributed by atoms with Crippen LogP contribution in [-0.4, -0.2) is 91.3 Å². The number of rotatable bonds is 12. The number of hydrogen-bond acceptors (Lipinski definition) is 11. The molecule has 8 rings (SSSR count). The van der Waals surface area contributed by atoms with E-state index in [-0.39, 0.29) is 39.8 Å². The number of nitrogens with zero attached hydrogens (tertiary/aromatic N) is 3. The summed E-state index contributed by atoms with van der Waals surface area (Å²) >= 11 is 2.87. The van der Waals surface area contributed by atoms with E-state index in [1.807, 2.05) is 13.2 Å². The standard InChI is InChI=1S/C48H74N4O5S3/c1-10-56-40(53)47(31-57-41-50-42(58-9)59-51-41)20-13-33(14-21-47)35-16-18-44(6)37(43(35,4)5)17-19-46(8)38(44)12-11-36-39-34(32(2)3)15-22-48(39,24-23-45(36,46)7)49-25-26-52-27-29-60(54,55)30-28-52/h13,16,34,36-39,49H,2,10-12,14-15,17-31H2,1,3-9H3/t34-,36+,37?,38?,39?,44-,45+,46+,47?,48-/m0/s1. The second-order valence-electron chi connectivity index (χ2n) is 21.6. The third-order valence-electron chi connectivity index (χ3n) is 18.7. The van der Waals surface area contributed by atoms with Crippen molar-refractivity contribution in [3.63, 3.8) is 0 Å². The maximum atomic E-state index is 13.6.